The van der Waals surface area contributed by atoms with E-state index in [0.29, 0.717) is 33.3 Å². The van der Waals surface area contributed by atoms with E-state index in [1.54, 1.807) is 24.3 Å². The van der Waals surface area contributed by atoms with E-state index >= 15 is 0 Å². The number of hydrogen-bond acceptors (Lipinski definition) is 6. The van der Waals surface area contributed by atoms with Gasteiger partial charge in [0, 0.05) is 24.6 Å². The van der Waals surface area contributed by atoms with Gasteiger partial charge in [-0.3, -0.25) is 18.7 Å². The number of fused-ring (bicyclic) bond motifs is 2. The summed E-state index contributed by atoms with van der Waals surface area (Å²) in [6.07, 6.45) is 0. The van der Waals surface area contributed by atoms with Crippen molar-refractivity contribution in [2.45, 2.75) is 26.9 Å². The lowest BCUT2D eigenvalue weighted by Gasteiger charge is -2.08. The number of aromatic nitrogens is 4. The molecule has 0 aliphatic heterocycles. The molecule has 32 heavy (non-hydrogen) atoms. The molecular formula is C22H22N4O4S2. The molecule has 2 aromatic carbocycles. The van der Waals surface area contributed by atoms with E-state index < -0.39 is 11.4 Å². The van der Waals surface area contributed by atoms with Crippen LogP contribution in [0.25, 0.3) is 21.8 Å². The summed E-state index contributed by atoms with van der Waals surface area (Å²) in [5, 5.41) is 0.986. The number of aromatic amines is 2. The molecule has 166 valence electrons. The molecule has 2 aromatic heterocycles. The van der Waals surface area contributed by atoms with Crippen LogP contribution >= 0.6 is 21.6 Å². The maximum absolute atomic E-state index is 12.7. The second-order valence-corrected chi connectivity index (χ2v) is 10.1. The van der Waals surface area contributed by atoms with Crippen LogP contribution in [-0.4, -0.2) is 30.6 Å². The molecule has 2 heterocycles. The number of nitrogens with one attached hydrogen (secondary N) is 2. The first-order chi connectivity index (χ1) is 15.4. The Balaban J connectivity index is 1.38. The first kappa shape index (κ1) is 22.2. The largest absolute Gasteiger partial charge is 0.328 e. The number of para-hydroxylation sites is 2. The van der Waals surface area contributed by atoms with E-state index in [9.17, 15) is 19.2 Å². The zero-order chi connectivity index (χ0) is 22.8. The molecule has 0 fully saturated rings. The Hall–Kier alpha value is -2.98. The van der Waals surface area contributed by atoms with Gasteiger partial charge in [-0.2, -0.15) is 0 Å². The normalized spacial score (nSPS) is 11.4. The lowest BCUT2D eigenvalue weighted by Crippen LogP contribution is -2.36. The summed E-state index contributed by atoms with van der Waals surface area (Å²) in [5.74, 6) is 1.07. The molecule has 2 N–H and O–H groups in total. The van der Waals surface area contributed by atoms with Crippen molar-refractivity contribution >= 4 is 43.4 Å². The summed E-state index contributed by atoms with van der Waals surface area (Å²) in [5.41, 5.74) is 1.39. The molecule has 0 atom stereocenters. The minimum Gasteiger partial charge on any atom is -0.306 e. The van der Waals surface area contributed by atoms with E-state index in [0.717, 1.165) is 11.1 Å². The minimum atomic E-state index is -0.424. The standard InChI is InChI=1S/C22H22N4O4S2/c1-13-5-3-7-15-17(13)23-21(29)25(19(15)27)9-11-31-32-12-10-26-20(28)16-8-4-6-14(2)18(16)24-22(26)30/h3-8H,9-12H2,1-2H3,(H,23,29)(H,24,30). The lowest BCUT2D eigenvalue weighted by molar-refractivity contribution is 0.690. The molecule has 0 aliphatic rings. The molecule has 0 saturated carbocycles. The van der Waals surface area contributed by atoms with Gasteiger partial charge in [-0.15, -0.1) is 0 Å². The van der Waals surface area contributed by atoms with Crippen molar-refractivity contribution in [1.29, 1.82) is 0 Å². The summed E-state index contributed by atoms with van der Waals surface area (Å²) in [6.45, 7) is 4.24. The van der Waals surface area contributed by atoms with E-state index in [-0.39, 0.29) is 24.2 Å². The topological polar surface area (TPSA) is 110 Å². The quantitative estimate of drug-likeness (QED) is 0.317. The molecule has 0 bridgehead atoms. The van der Waals surface area contributed by atoms with Gasteiger partial charge in [-0.05, 0) is 37.1 Å². The summed E-state index contributed by atoms with van der Waals surface area (Å²) in [7, 11) is 2.98. The van der Waals surface area contributed by atoms with Gasteiger partial charge in [0.05, 0.1) is 21.8 Å². The molecule has 0 aliphatic carbocycles. The Morgan fingerprint density at radius 2 is 1.09 bits per heavy atom. The van der Waals surface area contributed by atoms with E-state index in [2.05, 4.69) is 9.97 Å². The molecule has 4 aromatic rings. The third kappa shape index (κ3) is 4.20. The van der Waals surface area contributed by atoms with Crippen LogP contribution in [0.1, 0.15) is 11.1 Å². The number of H-pyrrole nitrogens is 2. The van der Waals surface area contributed by atoms with Crippen LogP contribution in [0.3, 0.4) is 0 Å². The monoisotopic (exact) mass is 470 g/mol. The fourth-order valence-corrected chi connectivity index (χ4v) is 5.53. The number of nitrogens with zero attached hydrogens (tertiary/aromatic N) is 2. The maximum atomic E-state index is 12.7. The second kappa shape index (κ2) is 9.25. The fraction of sp³-hybridized carbons (Fsp3) is 0.273. The van der Waals surface area contributed by atoms with Gasteiger partial charge >= 0.3 is 11.4 Å². The van der Waals surface area contributed by atoms with Crippen LogP contribution in [0.15, 0.2) is 55.6 Å². The molecule has 0 radical (unpaired) electrons. The minimum absolute atomic E-state index is 0.269. The van der Waals surface area contributed by atoms with Gasteiger partial charge in [0.15, 0.2) is 0 Å². The number of hydrogen-bond donors (Lipinski definition) is 2. The summed E-state index contributed by atoms with van der Waals surface area (Å²) in [4.78, 5) is 55.6. The third-order valence-electron chi connectivity index (χ3n) is 5.33. The van der Waals surface area contributed by atoms with Crippen molar-refractivity contribution in [3.05, 3.63) is 89.2 Å². The highest BCUT2D eigenvalue weighted by Gasteiger charge is 2.10. The number of aryl methyl sites for hydroxylation is 2. The third-order valence-corrected chi connectivity index (χ3v) is 7.70. The first-order valence-corrected chi connectivity index (χ1v) is 12.6. The van der Waals surface area contributed by atoms with Gasteiger partial charge in [0.1, 0.15) is 0 Å². The van der Waals surface area contributed by atoms with Crippen molar-refractivity contribution in [3.63, 3.8) is 0 Å². The van der Waals surface area contributed by atoms with Gasteiger partial charge in [0.2, 0.25) is 0 Å². The molecular weight excluding hydrogens is 448 g/mol. The predicted molar refractivity (Wildman–Crippen MR) is 132 cm³/mol. The SMILES string of the molecule is Cc1cccc2c(=O)n(CCSSCCn3c(=O)[nH]c4c(C)cccc4c3=O)c(=O)[nH]c12. The fourth-order valence-electron chi connectivity index (χ4n) is 3.63. The zero-order valence-corrected chi connectivity index (χ0v) is 19.3. The Labute approximate surface area is 190 Å². The van der Waals surface area contributed by atoms with Gasteiger partial charge in [-0.1, -0.05) is 45.9 Å². The number of benzene rings is 2. The average molecular weight is 471 g/mol. The Morgan fingerprint density at radius 3 is 1.50 bits per heavy atom. The molecule has 0 spiro atoms. The number of rotatable bonds is 7. The Bertz CT molecular complexity index is 1430. The van der Waals surface area contributed by atoms with Crippen molar-refractivity contribution in [3.8, 4) is 0 Å². The Kier molecular flexibility index (Phi) is 6.43. The van der Waals surface area contributed by atoms with E-state index in [1.165, 1.54) is 30.7 Å². The van der Waals surface area contributed by atoms with Gasteiger partial charge in [-0.25, -0.2) is 9.59 Å². The highest BCUT2D eigenvalue weighted by Crippen LogP contribution is 2.21. The zero-order valence-electron chi connectivity index (χ0n) is 17.6. The first-order valence-electron chi connectivity index (χ1n) is 10.1. The van der Waals surface area contributed by atoms with Crippen LogP contribution in [0, 0.1) is 13.8 Å². The second-order valence-electron chi connectivity index (χ2n) is 7.41. The summed E-state index contributed by atoms with van der Waals surface area (Å²) < 4.78 is 2.41. The highest BCUT2D eigenvalue weighted by molar-refractivity contribution is 8.76. The molecule has 0 amide bonds. The lowest BCUT2D eigenvalue weighted by atomic mass is 10.1. The van der Waals surface area contributed by atoms with Crippen LogP contribution in [0.5, 0.6) is 0 Å². The summed E-state index contributed by atoms with van der Waals surface area (Å²) >= 11 is 0. The Morgan fingerprint density at radius 1 is 0.688 bits per heavy atom. The van der Waals surface area contributed by atoms with Crippen LogP contribution < -0.4 is 22.5 Å². The molecule has 8 nitrogen and oxygen atoms in total. The molecule has 10 heteroatoms. The van der Waals surface area contributed by atoms with E-state index in [1.807, 2.05) is 26.0 Å². The van der Waals surface area contributed by atoms with Crippen LogP contribution in [0.2, 0.25) is 0 Å². The molecule has 0 saturated heterocycles. The molecule has 4 rings (SSSR count). The van der Waals surface area contributed by atoms with Crippen molar-refractivity contribution in [2.24, 2.45) is 0 Å². The highest BCUT2D eigenvalue weighted by atomic mass is 33.1. The van der Waals surface area contributed by atoms with Gasteiger partial charge < -0.3 is 9.97 Å². The van der Waals surface area contributed by atoms with Crippen LogP contribution in [0.4, 0.5) is 0 Å². The van der Waals surface area contributed by atoms with Crippen molar-refractivity contribution in [1.82, 2.24) is 19.1 Å². The van der Waals surface area contributed by atoms with Crippen LogP contribution in [-0.2, 0) is 13.1 Å². The maximum Gasteiger partial charge on any atom is 0.328 e. The average Bonchev–Trinajstić information content (AvgIpc) is 2.76. The summed E-state index contributed by atoms with van der Waals surface area (Å²) in [6, 6.07) is 10.7. The van der Waals surface area contributed by atoms with Gasteiger partial charge in [0.25, 0.3) is 11.1 Å². The van der Waals surface area contributed by atoms with Crippen molar-refractivity contribution < 1.29 is 0 Å². The molecule has 0 unspecified atom stereocenters. The van der Waals surface area contributed by atoms with E-state index in [4.69, 9.17) is 0 Å². The predicted octanol–water partition coefficient (Wildman–Crippen LogP) is 2.39. The smallest absolute Gasteiger partial charge is 0.306 e. The van der Waals surface area contributed by atoms with Crippen molar-refractivity contribution in [2.75, 3.05) is 11.5 Å².